The van der Waals surface area contributed by atoms with E-state index >= 15 is 0 Å². The fourth-order valence-electron chi connectivity index (χ4n) is 2.98. The molecule has 0 spiro atoms. The molecule has 0 saturated carbocycles. The zero-order chi connectivity index (χ0) is 20.1. The number of nitrogens with zero attached hydrogens (tertiary/aromatic N) is 2. The summed E-state index contributed by atoms with van der Waals surface area (Å²) in [6.45, 7) is 6.87. The van der Waals surface area contributed by atoms with Crippen molar-refractivity contribution in [2.24, 2.45) is 4.99 Å². The van der Waals surface area contributed by atoms with Gasteiger partial charge in [0, 0.05) is 6.54 Å². The van der Waals surface area contributed by atoms with E-state index in [9.17, 15) is 4.79 Å². The SMILES string of the molecule is CCCCN1C(=O)/C(=C\c2ccc(OC)c(C)c2)SC1=Nc1ccc(C)cc1. The van der Waals surface area contributed by atoms with Gasteiger partial charge in [0.05, 0.1) is 17.7 Å². The lowest BCUT2D eigenvalue weighted by atomic mass is 10.1. The van der Waals surface area contributed by atoms with Crippen LogP contribution < -0.4 is 4.74 Å². The summed E-state index contributed by atoms with van der Waals surface area (Å²) < 4.78 is 5.32. The van der Waals surface area contributed by atoms with E-state index in [0.29, 0.717) is 11.4 Å². The molecule has 1 heterocycles. The van der Waals surface area contributed by atoms with Gasteiger partial charge in [-0.2, -0.15) is 0 Å². The molecule has 1 amide bonds. The van der Waals surface area contributed by atoms with Gasteiger partial charge in [-0.05, 0) is 73.5 Å². The summed E-state index contributed by atoms with van der Waals surface area (Å²) in [5.74, 6) is 0.872. The summed E-state index contributed by atoms with van der Waals surface area (Å²) in [5.41, 5.74) is 4.09. The van der Waals surface area contributed by atoms with Crippen LogP contribution in [-0.4, -0.2) is 29.6 Å². The number of rotatable bonds is 6. The van der Waals surface area contributed by atoms with Crippen molar-refractivity contribution in [3.05, 3.63) is 64.1 Å². The quantitative estimate of drug-likeness (QED) is 0.589. The maximum absolute atomic E-state index is 13.0. The number of hydrogen-bond acceptors (Lipinski definition) is 4. The van der Waals surface area contributed by atoms with Crippen LogP contribution in [0.5, 0.6) is 5.75 Å². The Kier molecular flexibility index (Phi) is 6.57. The first-order valence-corrected chi connectivity index (χ1v) is 10.3. The molecular formula is C23H26N2O2S. The van der Waals surface area contributed by atoms with Crippen LogP contribution in [0.3, 0.4) is 0 Å². The predicted octanol–water partition coefficient (Wildman–Crippen LogP) is 5.72. The van der Waals surface area contributed by atoms with Gasteiger partial charge in [-0.15, -0.1) is 0 Å². The molecule has 3 rings (SSSR count). The number of ether oxygens (including phenoxy) is 1. The van der Waals surface area contributed by atoms with Crippen molar-refractivity contribution in [3.8, 4) is 5.75 Å². The van der Waals surface area contributed by atoms with Gasteiger partial charge in [0.1, 0.15) is 5.75 Å². The Hall–Kier alpha value is -2.53. The van der Waals surface area contributed by atoms with Crippen molar-refractivity contribution in [1.82, 2.24) is 4.90 Å². The fourth-order valence-corrected chi connectivity index (χ4v) is 4.00. The summed E-state index contributed by atoms with van der Waals surface area (Å²) in [7, 11) is 1.66. The van der Waals surface area contributed by atoms with Crippen molar-refractivity contribution in [2.75, 3.05) is 13.7 Å². The van der Waals surface area contributed by atoms with Crippen LogP contribution in [0.15, 0.2) is 52.4 Å². The average molecular weight is 395 g/mol. The number of amidine groups is 1. The van der Waals surface area contributed by atoms with Crippen LogP contribution in [0, 0.1) is 13.8 Å². The number of amides is 1. The lowest BCUT2D eigenvalue weighted by Crippen LogP contribution is -2.30. The van der Waals surface area contributed by atoms with Crippen LogP contribution in [0.2, 0.25) is 0 Å². The van der Waals surface area contributed by atoms with Crippen molar-refractivity contribution in [1.29, 1.82) is 0 Å². The minimum Gasteiger partial charge on any atom is -0.496 e. The van der Waals surface area contributed by atoms with Crippen LogP contribution >= 0.6 is 11.8 Å². The number of carbonyl (C=O) groups is 1. The van der Waals surface area contributed by atoms with Crippen LogP contribution in [0.4, 0.5) is 5.69 Å². The lowest BCUT2D eigenvalue weighted by molar-refractivity contribution is -0.122. The van der Waals surface area contributed by atoms with Gasteiger partial charge in [-0.3, -0.25) is 9.69 Å². The highest BCUT2D eigenvalue weighted by Crippen LogP contribution is 2.35. The third-order valence-corrected chi connectivity index (χ3v) is 5.61. The zero-order valence-electron chi connectivity index (χ0n) is 16.9. The molecule has 146 valence electrons. The van der Waals surface area contributed by atoms with Gasteiger partial charge < -0.3 is 4.74 Å². The van der Waals surface area contributed by atoms with E-state index in [1.807, 2.05) is 55.5 Å². The van der Waals surface area contributed by atoms with Gasteiger partial charge >= 0.3 is 0 Å². The van der Waals surface area contributed by atoms with Gasteiger partial charge in [0.2, 0.25) is 0 Å². The molecule has 0 atom stereocenters. The molecule has 0 bridgehead atoms. The monoisotopic (exact) mass is 394 g/mol. The fraction of sp³-hybridized carbons (Fsp3) is 0.304. The van der Waals surface area contributed by atoms with E-state index < -0.39 is 0 Å². The predicted molar refractivity (Wildman–Crippen MR) is 118 cm³/mol. The maximum atomic E-state index is 13.0. The highest BCUT2D eigenvalue weighted by molar-refractivity contribution is 8.18. The third-order valence-electron chi connectivity index (χ3n) is 4.60. The molecule has 2 aromatic carbocycles. The number of benzene rings is 2. The van der Waals surface area contributed by atoms with Crippen molar-refractivity contribution in [3.63, 3.8) is 0 Å². The number of thioether (sulfide) groups is 1. The number of aryl methyl sites for hydroxylation is 2. The number of carbonyl (C=O) groups excluding carboxylic acids is 1. The molecular weight excluding hydrogens is 368 g/mol. The van der Waals surface area contributed by atoms with Gasteiger partial charge in [-0.1, -0.05) is 37.1 Å². The van der Waals surface area contributed by atoms with Crippen LogP contribution in [0.25, 0.3) is 6.08 Å². The second kappa shape index (κ2) is 9.11. The number of methoxy groups -OCH3 is 1. The first-order valence-electron chi connectivity index (χ1n) is 9.53. The Morgan fingerprint density at radius 2 is 1.89 bits per heavy atom. The Morgan fingerprint density at radius 3 is 2.54 bits per heavy atom. The standard InChI is InChI=1S/C23H26N2O2S/c1-5-6-13-25-22(26)21(15-18-9-12-20(27-4)17(3)14-18)28-23(25)24-19-10-7-16(2)8-11-19/h7-12,14-15H,5-6,13H2,1-4H3/b21-15+,24-23?. The third kappa shape index (κ3) is 4.65. The molecule has 0 aliphatic carbocycles. The second-order valence-electron chi connectivity index (χ2n) is 6.88. The maximum Gasteiger partial charge on any atom is 0.266 e. The highest BCUT2D eigenvalue weighted by Gasteiger charge is 2.32. The van der Waals surface area contributed by atoms with Gasteiger partial charge in [-0.25, -0.2) is 4.99 Å². The first kappa shape index (κ1) is 20.2. The number of aliphatic imine (C=N–C) groups is 1. The molecule has 1 aliphatic rings. The highest BCUT2D eigenvalue weighted by atomic mass is 32.2. The Balaban J connectivity index is 1.92. The van der Waals surface area contributed by atoms with Crippen LogP contribution in [0.1, 0.15) is 36.5 Å². The minimum absolute atomic E-state index is 0.0257. The van der Waals surface area contributed by atoms with Crippen LogP contribution in [-0.2, 0) is 4.79 Å². The molecule has 28 heavy (non-hydrogen) atoms. The molecule has 0 unspecified atom stereocenters. The average Bonchev–Trinajstić information content (AvgIpc) is 2.96. The van der Waals surface area contributed by atoms with E-state index in [4.69, 9.17) is 9.73 Å². The Morgan fingerprint density at radius 1 is 1.14 bits per heavy atom. The van der Waals surface area contributed by atoms with Gasteiger partial charge in [0.25, 0.3) is 5.91 Å². The van der Waals surface area contributed by atoms with E-state index in [2.05, 4.69) is 13.8 Å². The molecule has 1 fully saturated rings. The first-order chi connectivity index (χ1) is 13.5. The van der Waals surface area contributed by atoms with Gasteiger partial charge in [0.15, 0.2) is 5.17 Å². The molecule has 0 radical (unpaired) electrons. The Bertz CT molecular complexity index is 917. The van der Waals surface area contributed by atoms with Crippen molar-refractivity contribution >= 4 is 34.6 Å². The summed E-state index contributed by atoms with van der Waals surface area (Å²) >= 11 is 1.44. The molecule has 1 saturated heterocycles. The molecule has 1 aliphatic heterocycles. The van der Waals surface area contributed by atoms with E-state index in [1.54, 1.807) is 12.0 Å². The summed E-state index contributed by atoms with van der Waals surface area (Å²) in [4.78, 5) is 20.3. The molecule has 5 heteroatoms. The summed E-state index contributed by atoms with van der Waals surface area (Å²) in [6, 6.07) is 14.0. The molecule has 4 nitrogen and oxygen atoms in total. The second-order valence-corrected chi connectivity index (χ2v) is 7.89. The molecule has 2 aromatic rings. The molecule has 0 aromatic heterocycles. The topological polar surface area (TPSA) is 41.9 Å². The number of unbranched alkanes of at least 4 members (excludes halogenated alkanes) is 1. The summed E-state index contributed by atoms with van der Waals surface area (Å²) in [6.07, 6.45) is 3.92. The van der Waals surface area contributed by atoms with E-state index in [0.717, 1.165) is 40.6 Å². The minimum atomic E-state index is 0.0257. The summed E-state index contributed by atoms with van der Waals surface area (Å²) in [5, 5.41) is 0.749. The van der Waals surface area contributed by atoms with Crippen molar-refractivity contribution in [2.45, 2.75) is 33.6 Å². The number of hydrogen-bond donors (Lipinski definition) is 0. The lowest BCUT2D eigenvalue weighted by Gasteiger charge is -2.14. The van der Waals surface area contributed by atoms with E-state index in [1.165, 1.54) is 17.3 Å². The van der Waals surface area contributed by atoms with Crippen molar-refractivity contribution < 1.29 is 9.53 Å². The zero-order valence-corrected chi connectivity index (χ0v) is 17.7. The molecule has 0 N–H and O–H groups in total. The smallest absolute Gasteiger partial charge is 0.266 e. The Labute approximate surface area is 171 Å². The van der Waals surface area contributed by atoms with E-state index in [-0.39, 0.29) is 5.91 Å². The largest absolute Gasteiger partial charge is 0.496 e. The normalized spacial score (nSPS) is 17.0.